The van der Waals surface area contributed by atoms with Gasteiger partial charge in [0.15, 0.2) is 0 Å². The van der Waals surface area contributed by atoms with E-state index >= 15 is 0 Å². The van der Waals surface area contributed by atoms with Gasteiger partial charge in [0.25, 0.3) is 5.91 Å². The van der Waals surface area contributed by atoms with Crippen LogP contribution >= 0.6 is 23.2 Å². The summed E-state index contributed by atoms with van der Waals surface area (Å²) < 4.78 is 5.73. The van der Waals surface area contributed by atoms with E-state index in [-0.39, 0.29) is 17.5 Å². The summed E-state index contributed by atoms with van der Waals surface area (Å²) in [5, 5.41) is 13.1. The second-order valence-electron chi connectivity index (χ2n) is 6.28. The normalized spacial score (nSPS) is 15.5. The van der Waals surface area contributed by atoms with E-state index in [0.717, 1.165) is 25.7 Å². The highest BCUT2D eigenvalue weighted by Gasteiger charge is 2.18. The van der Waals surface area contributed by atoms with Crippen molar-refractivity contribution in [1.82, 2.24) is 5.32 Å². The molecule has 0 unspecified atom stereocenters. The van der Waals surface area contributed by atoms with Crippen molar-refractivity contribution in [2.24, 2.45) is 0 Å². The van der Waals surface area contributed by atoms with Gasteiger partial charge >= 0.3 is 0 Å². The van der Waals surface area contributed by atoms with Crippen LogP contribution in [-0.4, -0.2) is 11.9 Å². The minimum absolute atomic E-state index is 0.0219. The third-order valence-electron chi connectivity index (χ3n) is 4.44. The van der Waals surface area contributed by atoms with Crippen molar-refractivity contribution in [2.45, 2.75) is 38.1 Å². The van der Waals surface area contributed by atoms with E-state index in [4.69, 9.17) is 27.6 Å². The molecule has 0 atom stereocenters. The molecule has 0 spiro atoms. The van der Waals surface area contributed by atoms with Crippen LogP contribution in [0.3, 0.4) is 0 Å². The first kappa shape index (κ1) is 18.6. The van der Waals surface area contributed by atoms with Gasteiger partial charge < -0.3 is 9.73 Å². The Morgan fingerprint density at radius 2 is 1.96 bits per heavy atom. The molecule has 2 aromatic rings. The predicted molar refractivity (Wildman–Crippen MR) is 103 cm³/mol. The second-order valence-corrected chi connectivity index (χ2v) is 7.07. The molecule has 1 aliphatic rings. The van der Waals surface area contributed by atoms with Crippen LogP contribution in [0.5, 0.6) is 0 Å². The van der Waals surface area contributed by atoms with Crippen LogP contribution in [0.4, 0.5) is 0 Å². The monoisotopic (exact) mass is 388 g/mol. The van der Waals surface area contributed by atoms with Crippen LogP contribution in [-0.2, 0) is 4.79 Å². The van der Waals surface area contributed by atoms with Crippen LogP contribution in [0.15, 0.2) is 40.3 Å². The molecule has 0 radical (unpaired) electrons. The van der Waals surface area contributed by atoms with Crippen molar-refractivity contribution in [2.75, 3.05) is 0 Å². The Morgan fingerprint density at radius 3 is 2.69 bits per heavy atom. The van der Waals surface area contributed by atoms with Gasteiger partial charge in [-0.25, -0.2) is 0 Å². The average molecular weight is 389 g/mol. The summed E-state index contributed by atoms with van der Waals surface area (Å²) in [4.78, 5) is 12.3. The summed E-state index contributed by atoms with van der Waals surface area (Å²) in [6.07, 6.45) is 6.79. The fraction of sp³-hybridized carbons (Fsp3) is 0.300. The minimum atomic E-state index is -0.363. The number of nitrogens with one attached hydrogen (secondary N) is 1. The fourth-order valence-electron chi connectivity index (χ4n) is 3.07. The highest BCUT2D eigenvalue weighted by Crippen LogP contribution is 2.34. The molecule has 6 heteroatoms. The van der Waals surface area contributed by atoms with Crippen LogP contribution in [0, 0.1) is 11.3 Å². The smallest absolute Gasteiger partial charge is 0.262 e. The summed E-state index contributed by atoms with van der Waals surface area (Å²) in [6, 6.07) is 10.8. The molecule has 26 heavy (non-hydrogen) atoms. The fourth-order valence-corrected chi connectivity index (χ4v) is 3.46. The number of furan rings is 1. The molecule has 1 heterocycles. The van der Waals surface area contributed by atoms with Gasteiger partial charge in [-0.15, -0.1) is 0 Å². The van der Waals surface area contributed by atoms with E-state index in [9.17, 15) is 10.1 Å². The van der Waals surface area contributed by atoms with Crippen molar-refractivity contribution in [3.8, 4) is 17.4 Å². The van der Waals surface area contributed by atoms with Gasteiger partial charge in [0.05, 0.1) is 10.0 Å². The van der Waals surface area contributed by atoms with E-state index < -0.39 is 0 Å². The number of amides is 1. The molecule has 1 fully saturated rings. The van der Waals surface area contributed by atoms with Gasteiger partial charge in [0.1, 0.15) is 23.2 Å². The first-order chi connectivity index (χ1) is 12.6. The van der Waals surface area contributed by atoms with Crippen molar-refractivity contribution in [3.63, 3.8) is 0 Å². The second kappa shape index (κ2) is 8.44. The van der Waals surface area contributed by atoms with Crippen molar-refractivity contribution in [1.29, 1.82) is 5.26 Å². The molecule has 0 bridgehead atoms. The van der Waals surface area contributed by atoms with Gasteiger partial charge in [-0.3, -0.25) is 4.79 Å². The van der Waals surface area contributed by atoms with E-state index in [1.165, 1.54) is 12.5 Å². The Balaban J connectivity index is 1.77. The highest BCUT2D eigenvalue weighted by molar-refractivity contribution is 6.43. The van der Waals surface area contributed by atoms with Gasteiger partial charge in [-0.1, -0.05) is 48.5 Å². The summed E-state index contributed by atoms with van der Waals surface area (Å²) in [5.74, 6) is 0.568. The van der Waals surface area contributed by atoms with Gasteiger partial charge in [-0.2, -0.15) is 5.26 Å². The lowest BCUT2D eigenvalue weighted by Crippen LogP contribution is -2.36. The van der Waals surface area contributed by atoms with E-state index in [0.29, 0.717) is 27.1 Å². The zero-order valence-corrected chi connectivity index (χ0v) is 15.6. The van der Waals surface area contributed by atoms with E-state index in [1.54, 1.807) is 30.3 Å². The first-order valence-corrected chi connectivity index (χ1v) is 9.31. The molecular formula is C20H18Cl2N2O2. The van der Waals surface area contributed by atoms with Crippen LogP contribution in [0.1, 0.15) is 37.9 Å². The number of carbonyl (C=O) groups excluding carboxylic acids is 1. The van der Waals surface area contributed by atoms with Crippen molar-refractivity contribution in [3.05, 3.63) is 51.7 Å². The SMILES string of the molecule is N#C/C(=C\c1ccc(-c2cccc(Cl)c2Cl)o1)C(=O)NC1CCCCC1. The Bertz CT molecular complexity index is 874. The molecule has 134 valence electrons. The molecule has 0 aliphatic heterocycles. The van der Waals surface area contributed by atoms with Gasteiger partial charge in [0, 0.05) is 17.7 Å². The lowest BCUT2D eigenvalue weighted by molar-refractivity contribution is -0.117. The maximum absolute atomic E-state index is 12.3. The van der Waals surface area contributed by atoms with Crippen LogP contribution in [0.2, 0.25) is 10.0 Å². The largest absolute Gasteiger partial charge is 0.457 e. The number of hydrogen-bond acceptors (Lipinski definition) is 3. The number of benzene rings is 1. The lowest BCUT2D eigenvalue weighted by atomic mass is 9.95. The molecule has 1 N–H and O–H groups in total. The molecule has 1 amide bonds. The number of halogens is 2. The molecule has 1 saturated carbocycles. The molecule has 1 aromatic heterocycles. The van der Waals surface area contributed by atoms with Crippen LogP contribution in [0.25, 0.3) is 17.4 Å². The zero-order chi connectivity index (χ0) is 18.5. The lowest BCUT2D eigenvalue weighted by Gasteiger charge is -2.22. The maximum Gasteiger partial charge on any atom is 0.262 e. The summed E-state index contributed by atoms with van der Waals surface area (Å²) >= 11 is 12.2. The maximum atomic E-state index is 12.3. The summed E-state index contributed by atoms with van der Waals surface area (Å²) in [5.41, 5.74) is 0.678. The molecule has 1 aromatic carbocycles. The van der Waals surface area contributed by atoms with Crippen molar-refractivity contribution >= 4 is 35.2 Å². The van der Waals surface area contributed by atoms with Crippen LogP contribution < -0.4 is 5.32 Å². The third kappa shape index (κ3) is 4.30. The van der Waals surface area contributed by atoms with E-state index in [2.05, 4.69) is 5.32 Å². The number of nitriles is 1. The first-order valence-electron chi connectivity index (χ1n) is 8.55. The standard InChI is InChI=1S/C20H18Cl2N2O2/c21-17-8-4-7-16(19(17)22)18-10-9-15(26-18)11-13(12-23)20(25)24-14-5-2-1-3-6-14/h4,7-11,14H,1-3,5-6H2,(H,24,25)/b13-11+. The zero-order valence-electron chi connectivity index (χ0n) is 14.1. The quantitative estimate of drug-likeness (QED) is 0.546. The Hall–Kier alpha value is -2.22. The predicted octanol–water partition coefficient (Wildman–Crippen LogP) is 5.61. The Morgan fingerprint density at radius 1 is 1.19 bits per heavy atom. The summed E-state index contributed by atoms with van der Waals surface area (Å²) in [6.45, 7) is 0. The molecule has 3 rings (SSSR count). The van der Waals surface area contributed by atoms with Crippen molar-refractivity contribution < 1.29 is 9.21 Å². The number of rotatable bonds is 4. The number of carbonyl (C=O) groups is 1. The summed E-state index contributed by atoms with van der Waals surface area (Å²) in [7, 11) is 0. The topological polar surface area (TPSA) is 66.0 Å². The Labute approximate surface area is 162 Å². The Kier molecular flexibility index (Phi) is 6.03. The molecule has 1 aliphatic carbocycles. The average Bonchev–Trinajstić information content (AvgIpc) is 3.11. The number of hydrogen-bond donors (Lipinski definition) is 1. The molecule has 0 saturated heterocycles. The molecule has 4 nitrogen and oxygen atoms in total. The minimum Gasteiger partial charge on any atom is -0.457 e. The third-order valence-corrected chi connectivity index (χ3v) is 5.25. The van der Waals surface area contributed by atoms with E-state index in [1.807, 2.05) is 6.07 Å². The molecular weight excluding hydrogens is 371 g/mol. The highest BCUT2D eigenvalue weighted by atomic mass is 35.5. The van der Waals surface area contributed by atoms with Gasteiger partial charge in [0.2, 0.25) is 0 Å². The van der Waals surface area contributed by atoms with Gasteiger partial charge in [-0.05, 0) is 37.1 Å². The number of nitrogens with zero attached hydrogens (tertiary/aromatic N) is 1.